The smallest absolute Gasteiger partial charge is 0.280 e. The fourth-order valence-electron chi connectivity index (χ4n) is 3.16. The van der Waals surface area contributed by atoms with Gasteiger partial charge < -0.3 is 5.32 Å². The summed E-state index contributed by atoms with van der Waals surface area (Å²) in [7, 11) is -2.70. The van der Waals surface area contributed by atoms with Crippen molar-refractivity contribution < 1.29 is 22.0 Å². The van der Waals surface area contributed by atoms with E-state index in [0.29, 0.717) is 15.6 Å². The van der Waals surface area contributed by atoms with Gasteiger partial charge in [0.15, 0.2) is 0 Å². The fraction of sp³-hybridized carbons (Fsp3) is 0.211. The number of aromatic nitrogens is 2. The van der Waals surface area contributed by atoms with E-state index < -0.39 is 39.8 Å². The highest BCUT2D eigenvalue weighted by atomic mass is 35.5. The summed E-state index contributed by atoms with van der Waals surface area (Å²) in [6.07, 6.45) is 2.69. The molecule has 0 bridgehead atoms. The third-order valence-electron chi connectivity index (χ3n) is 4.86. The van der Waals surface area contributed by atoms with Crippen molar-refractivity contribution in [1.82, 2.24) is 19.0 Å². The lowest BCUT2D eigenvalue weighted by atomic mass is 10.1. The van der Waals surface area contributed by atoms with E-state index in [-0.39, 0.29) is 17.1 Å². The highest BCUT2D eigenvalue weighted by molar-refractivity contribution is 7.87. The molecule has 2 aromatic heterocycles. The van der Waals surface area contributed by atoms with E-state index in [1.54, 1.807) is 0 Å². The Morgan fingerprint density at radius 1 is 1.25 bits per heavy atom. The molecular formula is C19H16ClF2N5O3S2. The predicted molar refractivity (Wildman–Crippen MR) is 116 cm³/mol. The maximum atomic E-state index is 13.4. The van der Waals surface area contributed by atoms with Crippen molar-refractivity contribution in [3.8, 4) is 10.6 Å². The van der Waals surface area contributed by atoms with E-state index in [4.69, 9.17) is 11.6 Å². The van der Waals surface area contributed by atoms with Crippen LogP contribution in [0.1, 0.15) is 17.5 Å². The van der Waals surface area contributed by atoms with E-state index in [0.717, 1.165) is 16.6 Å². The van der Waals surface area contributed by atoms with Crippen LogP contribution in [0.15, 0.2) is 42.7 Å². The molecule has 13 heteroatoms. The van der Waals surface area contributed by atoms with Gasteiger partial charge in [-0.15, -0.1) is 11.3 Å². The van der Waals surface area contributed by atoms with E-state index in [1.165, 1.54) is 48.8 Å². The Labute approximate surface area is 191 Å². The molecule has 8 nitrogen and oxygen atoms in total. The molecule has 1 saturated heterocycles. The largest absolute Gasteiger partial charge is 0.325 e. The Bertz CT molecular complexity index is 1270. The van der Waals surface area contributed by atoms with Gasteiger partial charge in [-0.1, -0.05) is 11.6 Å². The molecule has 168 valence electrons. The standard InChI is InChI=1S/C19H16ClF2N5O3S2/c1-27-16(18(28)25-11-3-4-13(22)12(20)6-11)7-15(26-32(27,29)30)19-24-9-17(31-19)14-5-2-10(21)8-23-14/h2-6,8-9,15-16,26H,7H2,1H3,(H,25,28)/t15-,16+/m0/s1. The number of carbonyl (C=O) groups excluding carboxylic acids is 1. The Balaban J connectivity index is 1.56. The lowest BCUT2D eigenvalue weighted by Gasteiger charge is -2.35. The Morgan fingerprint density at radius 2 is 2.03 bits per heavy atom. The number of hydrogen-bond donors (Lipinski definition) is 2. The van der Waals surface area contributed by atoms with Gasteiger partial charge in [-0.2, -0.15) is 17.4 Å². The molecule has 1 aliphatic heterocycles. The Hall–Kier alpha value is -2.51. The molecule has 1 aromatic carbocycles. The maximum absolute atomic E-state index is 13.4. The topological polar surface area (TPSA) is 104 Å². The normalized spacial score (nSPS) is 20.8. The Morgan fingerprint density at radius 3 is 2.72 bits per heavy atom. The average molecular weight is 500 g/mol. The van der Waals surface area contributed by atoms with Gasteiger partial charge in [-0.3, -0.25) is 9.78 Å². The van der Waals surface area contributed by atoms with Crippen LogP contribution in [0.25, 0.3) is 10.6 Å². The molecule has 2 N–H and O–H groups in total. The summed E-state index contributed by atoms with van der Waals surface area (Å²) in [5.74, 6) is -1.71. The summed E-state index contributed by atoms with van der Waals surface area (Å²) >= 11 is 6.94. The zero-order chi connectivity index (χ0) is 23.0. The van der Waals surface area contributed by atoms with Gasteiger partial charge in [0.2, 0.25) is 5.91 Å². The number of rotatable bonds is 4. The molecule has 0 saturated carbocycles. The average Bonchev–Trinajstić information content (AvgIpc) is 3.23. The van der Waals surface area contributed by atoms with E-state index in [1.807, 2.05) is 0 Å². The number of hydrogen-bond acceptors (Lipinski definition) is 6. The van der Waals surface area contributed by atoms with Crippen molar-refractivity contribution >= 4 is 44.7 Å². The summed E-state index contributed by atoms with van der Waals surface area (Å²) < 4.78 is 55.2. The molecule has 0 unspecified atom stereocenters. The van der Waals surface area contributed by atoms with Gasteiger partial charge in [0.05, 0.1) is 27.8 Å². The van der Waals surface area contributed by atoms with Crippen molar-refractivity contribution in [2.24, 2.45) is 0 Å². The zero-order valence-electron chi connectivity index (χ0n) is 16.4. The third kappa shape index (κ3) is 4.64. The monoisotopic (exact) mass is 499 g/mol. The van der Waals surface area contributed by atoms with Crippen LogP contribution in [-0.2, 0) is 15.0 Å². The first-order valence-corrected chi connectivity index (χ1v) is 11.9. The minimum atomic E-state index is -3.98. The van der Waals surface area contributed by atoms with Gasteiger partial charge in [-0.05, 0) is 36.8 Å². The predicted octanol–water partition coefficient (Wildman–Crippen LogP) is 3.36. The number of likely N-dealkylation sites (N-methyl/N-ethyl adjacent to an activating group) is 1. The number of anilines is 1. The SMILES string of the molecule is CN1[C@@H](C(=O)Nc2ccc(F)c(Cl)c2)C[C@@H](c2ncc(-c3ccc(F)cn3)s2)NS1(=O)=O. The van der Waals surface area contributed by atoms with Gasteiger partial charge in [-0.25, -0.2) is 13.8 Å². The van der Waals surface area contributed by atoms with Gasteiger partial charge in [0.1, 0.15) is 22.7 Å². The highest BCUT2D eigenvalue weighted by Crippen LogP contribution is 2.34. The number of carbonyl (C=O) groups is 1. The summed E-state index contributed by atoms with van der Waals surface area (Å²) in [4.78, 5) is 21.8. The molecular weight excluding hydrogens is 484 g/mol. The number of amides is 1. The molecule has 0 spiro atoms. The van der Waals surface area contributed by atoms with Gasteiger partial charge >= 0.3 is 0 Å². The van der Waals surface area contributed by atoms with Crippen molar-refractivity contribution in [2.45, 2.75) is 18.5 Å². The molecule has 4 rings (SSSR count). The van der Waals surface area contributed by atoms with Crippen LogP contribution in [0.5, 0.6) is 0 Å². The highest BCUT2D eigenvalue weighted by Gasteiger charge is 2.41. The zero-order valence-corrected chi connectivity index (χ0v) is 18.8. The van der Waals surface area contributed by atoms with Crippen molar-refractivity contribution in [3.63, 3.8) is 0 Å². The third-order valence-corrected chi connectivity index (χ3v) is 7.88. The van der Waals surface area contributed by atoms with E-state index >= 15 is 0 Å². The maximum Gasteiger partial charge on any atom is 0.280 e. The van der Waals surface area contributed by atoms with Gasteiger partial charge in [0.25, 0.3) is 10.2 Å². The number of thiazole rings is 1. The first-order chi connectivity index (χ1) is 15.1. The minimum absolute atomic E-state index is 0.0975. The second-order valence-electron chi connectivity index (χ2n) is 6.99. The second kappa shape index (κ2) is 8.79. The summed E-state index contributed by atoms with van der Waals surface area (Å²) in [5, 5.41) is 2.84. The quantitative estimate of drug-likeness (QED) is 0.573. The van der Waals surface area contributed by atoms with Crippen LogP contribution >= 0.6 is 22.9 Å². The van der Waals surface area contributed by atoms with Crippen LogP contribution in [0.4, 0.5) is 14.5 Å². The molecule has 1 aliphatic rings. The van der Waals surface area contributed by atoms with Gasteiger partial charge in [0, 0.05) is 18.9 Å². The number of nitrogens with one attached hydrogen (secondary N) is 2. The van der Waals surface area contributed by atoms with Crippen LogP contribution < -0.4 is 10.0 Å². The molecule has 1 amide bonds. The van der Waals surface area contributed by atoms with Crippen molar-refractivity contribution in [1.29, 1.82) is 0 Å². The van der Waals surface area contributed by atoms with Crippen molar-refractivity contribution in [3.05, 3.63) is 64.4 Å². The van der Waals surface area contributed by atoms with Crippen LogP contribution in [0, 0.1) is 11.6 Å². The first kappa shape index (κ1) is 22.7. The van der Waals surface area contributed by atoms with Crippen LogP contribution in [-0.4, -0.2) is 41.7 Å². The number of halogens is 3. The minimum Gasteiger partial charge on any atom is -0.325 e. The van der Waals surface area contributed by atoms with Crippen LogP contribution in [0.2, 0.25) is 5.02 Å². The second-order valence-corrected chi connectivity index (χ2v) is 10.2. The summed E-state index contributed by atoms with van der Waals surface area (Å²) in [6, 6.07) is 4.62. The number of pyridine rings is 1. The molecule has 3 heterocycles. The molecule has 3 aromatic rings. The van der Waals surface area contributed by atoms with Crippen molar-refractivity contribution in [2.75, 3.05) is 12.4 Å². The molecule has 2 atom stereocenters. The van der Waals surface area contributed by atoms with E-state index in [2.05, 4.69) is 20.0 Å². The number of benzene rings is 1. The fourth-order valence-corrected chi connectivity index (χ4v) is 5.63. The Kier molecular flexibility index (Phi) is 6.23. The molecule has 1 fully saturated rings. The summed E-state index contributed by atoms with van der Waals surface area (Å²) in [5.41, 5.74) is 0.731. The first-order valence-electron chi connectivity index (χ1n) is 9.23. The van der Waals surface area contributed by atoms with E-state index in [9.17, 15) is 22.0 Å². The lowest BCUT2D eigenvalue weighted by Crippen LogP contribution is -2.55. The molecule has 0 radical (unpaired) electrons. The van der Waals surface area contributed by atoms with Crippen LogP contribution in [0.3, 0.4) is 0 Å². The lowest BCUT2D eigenvalue weighted by molar-refractivity contribution is -0.120. The molecule has 32 heavy (non-hydrogen) atoms. The summed E-state index contributed by atoms with van der Waals surface area (Å²) in [6.45, 7) is 0. The molecule has 0 aliphatic carbocycles. The number of nitrogens with zero attached hydrogens (tertiary/aromatic N) is 3.